The molecule has 0 bridgehead atoms. The Hall–Kier alpha value is -2.16. The first-order valence-corrected chi connectivity index (χ1v) is 5.97. The summed E-state index contributed by atoms with van der Waals surface area (Å²) in [5.41, 5.74) is -0.407. The summed E-state index contributed by atoms with van der Waals surface area (Å²) in [5.74, 6) is -1.95. The van der Waals surface area contributed by atoms with E-state index in [2.05, 4.69) is 4.98 Å². The van der Waals surface area contributed by atoms with E-state index < -0.39 is 17.3 Å². The molecule has 1 aromatic rings. The van der Waals surface area contributed by atoms with Crippen molar-refractivity contribution in [3.05, 3.63) is 23.6 Å². The molecule has 0 aliphatic rings. The van der Waals surface area contributed by atoms with Crippen LogP contribution in [0.15, 0.2) is 12.3 Å². The molecule has 6 heteroatoms. The van der Waals surface area contributed by atoms with E-state index in [1.54, 1.807) is 4.90 Å². The number of anilines is 1. The Morgan fingerprint density at radius 1 is 1.63 bits per heavy atom. The molecule has 1 N–H and O–H groups in total. The lowest BCUT2D eigenvalue weighted by atomic mass is 10.2. The van der Waals surface area contributed by atoms with Gasteiger partial charge in [-0.1, -0.05) is 13.8 Å². The van der Waals surface area contributed by atoms with Crippen LogP contribution >= 0.6 is 0 Å². The van der Waals surface area contributed by atoms with Crippen molar-refractivity contribution in [2.24, 2.45) is 5.92 Å². The van der Waals surface area contributed by atoms with Crippen molar-refractivity contribution in [2.75, 3.05) is 18.0 Å². The highest BCUT2D eigenvalue weighted by Gasteiger charge is 2.20. The number of hydrogen-bond acceptors (Lipinski definition) is 4. The summed E-state index contributed by atoms with van der Waals surface area (Å²) < 4.78 is 14.1. The summed E-state index contributed by atoms with van der Waals surface area (Å²) in [5, 5.41) is 17.5. The molecule has 0 atom stereocenters. The summed E-state index contributed by atoms with van der Waals surface area (Å²) in [6, 6.07) is 3.11. The van der Waals surface area contributed by atoms with E-state index >= 15 is 0 Å². The fourth-order valence-electron chi connectivity index (χ4n) is 1.73. The largest absolute Gasteiger partial charge is 0.478 e. The van der Waals surface area contributed by atoms with E-state index in [0.717, 1.165) is 6.07 Å². The van der Waals surface area contributed by atoms with Gasteiger partial charge in [0.05, 0.1) is 12.5 Å². The number of pyridine rings is 1. The highest BCUT2D eigenvalue weighted by Crippen LogP contribution is 2.20. The average molecular weight is 265 g/mol. The summed E-state index contributed by atoms with van der Waals surface area (Å²) >= 11 is 0. The quantitative estimate of drug-likeness (QED) is 0.853. The Labute approximate surface area is 111 Å². The van der Waals surface area contributed by atoms with Crippen LogP contribution in [0.4, 0.5) is 10.2 Å². The monoisotopic (exact) mass is 265 g/mol. The number of aromatic carboxylic acids is 1. The highest BCUT2D eigenvalue weighted by atomic mass is 19.1. The second kappa shape index (κ2) is 6.69. The molecule has 0 aromatic carbocycles. The van der Waals surface area contributed by atoms with Crippen LogP contribution in [-0.4, -0.2) is 29.1 Å². The lowest BCUT2D eigenvalue weighted by Crippen LogP contribution is -2.30. The van der Waals surface area contributed by atoms with Crippen LogP contribution in [0, 0.1) is 23.1 Å². The zero-order valence-corrected chi connectivity index (χ0v) is 10.9. The van der Waals surface area contributed by atoms with Gasteiger partial charge in [0.1, 0.15) is 5.56 Å². The Kier molecular flexibility index (Phi) is 5.24. The molecule has 1 heterocycles. The van der Waals surface area contributed by atoms with Gasteiger partial charge in [0.25, 0.3) is 0 Å². The molecule has 0 radical (unpaired) electrons. The smallest absolute Gasteiger partial charge is 0.338 e. The van der Waals surface area contributed by atoms with Crippen molar-refractivity contribution in [3.8, 4) is 6.07 Å². The van der Waals surface area contributed by atoms with Crippen molar-refractivity contribution in [1.82, 2.24) is 4.98 Å². The van der Waals surface area contributed by atoms with Crippen LogP contribution in [0.1, 0.15) is 30.6 Å². The number of carboxylic acids is 1. The number of aromatic nitrogens is 1. The van der Waals surface area contributed by atoms with Gasteiger partial charge in [-0.15, -0.1) is 0 Å². The Bertz CT molecular complexity index is 497. The van der Waals surface area contributed by atoms with Gasteiger partial charge in [0, 0.05) is 19.3 Å². The zero-order valence-electron chi connectivity index (χ0n) is 10.9. The molecule has 0 aliphatic carbocycles. The van der Waals surface area contributed by atoms with E-state index in [9.17, 15) is 9.18 Å². The zero-order chi connectivity index (χ0) is 14.4. The summed E-state index contributed by atoms with van der Waals surface area (Å²) in [7, 11) is 0. The molecule has 0 saturated carbocycles. The van der Waals surface area contributed by atoms with Gasteiger partial charge in [0.2, 0.25) is 0 Å². The van der Waals surface area contributed by atoms with Gasteiger partial charge in [0.15, 0.2) is 11.6 Å². The number of carbonyl (C=O) groups is 1. The van der Waals surface area contributed by atoms with Crippen molar-refractivity contribution in [3.63, 3.8) is 0 Å². The van der Waals surface area contributed by atoms with Gasteiger partial charge in [-0.05, 0) is 12.0 Å². The van der Waals surface area contributed by atoms with E-state index in [-0.39, 0.29) is 18.2 Å². The molecule has 0 aliphatic heterocycles. The maximum absolute atomic E-state index is 14.1. The second-order valence-corrected chi connectivity index (χ2v) is 4.55. The van der Waals surface area contributed by atoms with E-state index in [0.29, 0.717) is 13.1 Å². The van der Waals surface area contributed by atoms with Gasteiger partial charge in [-0.2, -0.15) is 5.26 Å². The van der Waals surface area contributed by atoms with Crippen LogP contribution in [0.3, 0.4) is 0 Å². The Morgan fingerprint density at radius 3 is 2.84 bits per heavy atom. The minimum Gasteiger partial charge on any atom is -0.478 e. The fraction of sp³-hybridized carbons (Fsp3) is 0.462. The van der Waals surface area contributed by atoms with Gasteiger partial charge in [-0.3, -0.25) is 0 Å². The number of nitriles is 1. The number of carboxylic acid groups (broad SMARTS) is 1. The summed E-state index contributed by atoms with van der Waals surface area (Å²) in [6.07, 6.45) is 1.49. The highest BCUT2D eigenvalue weighted by molar-refractivity contribution is 5.88. The molecular formula is C13H16FN3O2. The van der Waals surface area contributed by atoms with Gasteiger partial charge in [-0.25, -0.2) is 14.2 Å². The molecule has 5 nitrogen and oxygen atoms in total. The molecule has 102 valence electrons. The lowest BCUT2D eigenvalue weighted by molar-refractivity contribution is 0.0691. The van der Waals surface area contributed by atoms with E-state index in [4.69, 9.17) is 10.4 Å². The third-order valence-electron chi connectivity index (χ3n) is 2.48. The molecule has 1 rings (SSSR count). The molecule has 1 aromatic heterocycles. The first kappa shape index (κ1) is 14.9. The molecule has 0 fully saturated rings. The number of halogens is 1. The van der Waals surface area contributed by atoms with Crippen LogP contribution in [0.5, 0.6) is 0 Å². The summed E-state index contributed by atoms with van der Waals surface area (Å²) in [4.78, 5) is 16.4. The lowest BCUT2D eigenvalue weighted by Gasteiger charge is -2.25. The van der Waals surface area contributed by atoms with Crippen molar-refractivity contribution >= 4 is 11.8 Å². The maximum Gasteiger partial charge on any atom is 0.338 e. The summed E-state index contributed by atoms with van der Waals surface area (Å²) in [6.45, 7) is 4.74. The van der Waals surface area contributed by atoms with Crippen molar-refractivity contribution < 1.29 is 14.3 Å². The Balaban J connectivity index is 3.11. The van der Waals surface area contributed by atoms with Crippen LogP contribution in [0.2, 0.25) is 0 Å². The maximum atomic E-state index is 14.1. The van der Waals surface area contributed by atoms with E-state index in [1.807, 2.05) is 19.9 Å². The average Bonchev–Trinajstić information content (AvgIpc) is 2.34. The van der Waals surface area contributed by atoms with E-state index in [1.165, 1.54) is 6.20 Å². The van der Waals surface area contributed by atoms with Crippen LogP contribution < -0.4 is 4.90 Å². The third kappa shape index (κ3) is 3.91. The molecule has 0 amide bonds. The molecule has 19 heavy (non-hydrogen) atoms. The van der Waals surface area contributed by atoms with Gasteiger partial charge >= 0.3 is 5.97 Å². The van der Waals surface area contributed by atoms with Crippen molar-refractivity contribution in [1.29, 1.82) is 5.26 Å². The van der Waals surface area contributed by atoms with Crippen molar-refractivity contribution in [2.45, 2.75) is 20.3 Å². The Morgan fingerprint density at radius 2 is 2.32 bits per heavy atom. The normalized spacial score (nSPS) is 10.3. The van der Waals surface area contributed by atoms with Crippen LogP contribution in [-0.2, 0) is 0 Å². The number of nitrogens with zero attached hydrogens (tertiary/aromatic N) is 3. The molecule has 0 unspecified atom stereocenters. The van der Waals surface area contributed by atoms with Crippen LogP contribution in [0.25, 0.3) is 0 Å². The topological polar surface area (TPSA) is 77.2 Å². The first-order chi connectivity index (χ1) is 8.97. The fourth-order valence-corrected chi connectivity index (χ4v) is 1.73. The predicted octanol–water partition coefficient (Wildman–Crippen LogP) is 2.29. The van der Waals surface area contributed by atoms with Gasteiger partial charge < -0.3 is 10.0 Å². The standard InChI is InChI=1S/C13H16FN3O2/c1-9(2)8-17(7-3-5-15)12-11(14)10(13(18)19)4-6-16-12/h4,6,9H,3,7-8H2,1-2H3,(H,18,19). The minimum absolute atomic E-state index is 0.0103. The predicted molar refractivity (Wildman–Crippen MR) is 68.4 cm³/mol. The minimum atomic E-state index is -1.33. The number of rotatable bonds is 6. The molecular weight excluding hydrogens is 249 g/mol. The second-order valence-electron chi connectivity index (χ2n) is 4.55. The third-order valence-corrected chi connectivity index (χ3v) is 2.48. The SMILES string of the molecule is CC(C)CN(CCC#N)c1nccc(C(=O)O)c1F. The first-order valence-electron chi connectivity index (χ1n) is 5.97. The molecule has 0 spiro atoms. The number of hydrogen-bond donors (Lipinski definition) is 1. The molecule has 0 saturated heterocycles.